The Morgan fingerprint density at radius 1 is 0.606 bits per heavy atom. The molecule has 0 aromatic rings. The lowest BCUT2D eigenvalue weighted by Crippen LogP contribution is -2.05. The van der Waals surface area contributed by atoms with Crippen molar-refractivity contribution in [2.45, 2.75) is 168 Å². The Balaban J connectivity index is 3.21. The van der Waals surface area contributed by atoms with Gasteiger partial charge in [0.1, 0.15) is 0 Å². The zero-order valence-electron chi connectivity index (χ0n) is 23.0. The summed E-state index contributed by atoms with van der Waals surface area (Å²) < 4.78 is 5.40. The summed E-state index contributed by atoms with van der Waals surface area (Å²) in [6, 6.07) is 0. The first-order valence-corrected chi connectivity index (χ1v) is 15.0. The van der Waals surface area contributed by atoms with Gasteiger partial charge in [0, 0.05) is 6.42 Å². The van der Waals surface area contributed by atoms with Crippen molar-refractivity contribution >= 4 is 5.97 Å². The highest BCUT2D eigenvalue weighted by Crippen LogP contribution is 2.13. The minimum absolute atomic E-state index is 0.0118. The lowest BCUT2D eigenvalue weighted by molar-refractivity contribution is -0.143. The summed E-state index contributed by atoms with van der Waals surface area (Å²) in [7, 11) is 0. The van der Waals surface area contributed by atoms with E-state index in [-0.39, 0.29) is 5.97 Å². The third-order valence-corrected chi connectivity index (χ3v) is 6.58. The fourth-order valence-electron chi connectivity index (χ4n) is 4.31. The molecule has 0 aromatic heterocycles. The number of allylic oxidation sites excluding steroid dienone is 2. The largest absolute Gasteiger partial charge is 0.466 e. The lowest BCUT2D eigenvalue weighted by Gasteiger charge is -2.06. The molecule has 0 fully saturated rings. The van der Waals surface area contributed by atoms with Crippen molar-refractivity contribution in [1.82, 2.24) is 0 Å². The maximum Gasteiger partial charge on any atom is 0.305 e. The van der Waals surface area contributed by atoms with E-state index in [4.69, 9.17) is 4.74 Å². The quantitative estimate of drug-likeness (QED) is 0.0722. The summed E-state index contributed by atoms with van der Waals surface area (Å²) in [6.45, 7) is 7.52. The van der Waals surface area contributed by atoms with E-state index in [0.717, 1.165) is 25.2 Å². The monoisotopic (exact) mass is 464 g/mol. The van der Waals surface area contributed by atoms with Crippen molar-refractivity contribution in [2.24, 2.45) is 5.92 Å². The molecule has 0 radical (unpaired) electrons. The van der Waals surface area contributed by atoms with Gasteiger partial charge in [0.2, 0.25) is 0 Å². The van der Waals surface area contributed by atoms with Crippen LogP contribution >= 0.6 is 0 Å². The molecule has 0 saturated carbocycles. The van der Waals surface area contributed by atoms with Gasteiger partial charge in [0.05, 0.1) is 6.61 Å². The van der Waals surface area contributed by atoms with Gasteiger partial charge in [-0.2, -0.15) is 0 Å². The third-order valence-electron chi connectivity index (χ3n) is 6.58. The molecule has 0 aliphatic carbocycles. The molecule has 2 nitrogen and oxygen atoms in total. The fourth-order valence-corrected chi connectivity index (χ4v) is 4.31. The van der Waals surface area contributed by atoms with Gasteiger partial charge in [0.15, 0.2) is 0 Å². The first kappa shape index (κ1) is 32.2. The second kappa shape index (κ2) is 27.5. The molecule has 196 valence electrons. The van der Waals surface area contributed by atoms with Crippen molar-refractivity contribution in [1.29, 1.82) is 0 Å². The van der Waals surface area contributed by atoms with Crippen LogP contribution in [-0.4, -0.2) is 12.6 Å². The van der Waals surface area contributed by atoms with Crippen molar-refractivity contribution in [3.63, 3.8) is 0 Å². The molecular formula is C31H60O2. The van der Waals surface area contributed by atoms with Gasteiger partial charge in [-0.25, -0.2) is 0 Å². The van der Waals surface area contributed by atoms with Crippen LogP contribution < -0.4 is 0 Å². The fraction of sp³-hybridized carbons (Fsp3) is 0.903. The van der Waals surface area contributed by atoms with Gasteiger partial charge in [-0.05, 0) is 44.4 Å². The SMILES string of the molecule is CCCCCCCCC=CCCCCCCCC(=O)OCCCCCCCCCCC(C)C. The minimum atomic E-state index is 0.0118. The number of unbranched alkanes of at least 4 members (excludes halogenated alkanes) is 18. The Labute approximate surface area is 208 Å². The standard InChI is InChI=1S/C31H60O2/c1-4-5-6-7-8-9-10-11-12-13-14-15-19-22-25-28-31(32)33-29-26-23-20-17-16-18-21-24-27-30(2)3/h11-12,30H,4-10,13-29H2,1-3H3. The van der Waals surface area contributed by atoms with Crippen molar-refractivity contribution in [2.75, 3.05) is 6.61 Å². The second-order valence-corrected chi connectivity index (χ2v) is 10.6. The zero-order valence-corrected chi connectivity index (χ0v) is 23.0. The van der Waals surface area contributed by atoms with Crippen LogP contribution in [0.25, 0.3) is 0 Å². The molecule has 0 rings (SSSR count). The maximum atomic E-state index is 11.8. The van der Waals surface area contributed by atoms with E-state index in [1.54, 1.807) is 0 Å². The van der Waals surface area contributed by atoms with E-state index < -0.39 is 0 Å². The predicted octanol–water partition coefficient (Wildman–Crippen LogP) is 10.7. The molecule has 0 bridgehead atoms. The average molecular weight is 465 g/mol. The Bertz CT molecular complexity index is 413. The Kier molecular flexibility index (Phi) is 26.8. The summed E-state index contributed by atoms with van der Waals surface area (Å²) in [4.78, 5) is 11.8. The number of hydrogen-bond donors (Lipinski definition) is 0. The van der Waals surface area contributed by atoms with Crippen LogP contribution in [0, 0.1) is 5.92 Å². The van der Waals surface area contributed by atoms with Crippen molar-refractivity contribution in [3.05, 3.63) is 12.2 Å². The van der Waals surface area contributed by atoms with Crippen molar-refractivity contribution in [3.8, 4) is 0 Å². The van der Waals surface area contributed by atoms with Crippen LogP contribution in [0.15, 0.2) is 12.2 Å². The van der Waals surface area contributed by atoms with E-state index in [0.29, 0.717) is 13.0 Å². The molecule has 0 aliphatic heterocycles. The number of rotatable bonds is 26. The normalized spacial score (nSPS) is 11.6. The summed E-state index contributed by atoms with van der Waals surface area (Å²) in [5, 5.41) is 0. The van der Waals surface area contributed by atoms with E-state index in [1.807, 2.05) is 0 Å². The minimum Gasteiger partial charge on any atom is -0.466 e. The Morgan fingerprint density at radius 2 is 1.06 bits per heavy atom. The first-order chi connectivity index (χ1) is 16.2. The van der Waals surface area contributed by atoms with Gasteiger partial charge in [-0.1, -0.05) is 136 Å². The molecule has 0 amide bonds. The smallest absolute Gasteiger partial charge is 0.305 e. The molecule has 0 atom stereocenters. The van der Waals surface area contributed by atoms with Crippen LogP contribution in [0.3, 0.4) is 0 Å². The highest BCUT2D eigenvalue weighted by Gasteiger charge is 2.02. The number of carbonyl (C=O) groups excluding carboxylic acids is 1. The summed E-state index contributed by atoms with van der Waals surface area (Å²) in [5.74, 6) is 0.863. The van der Waals surface area contributed by atoms with Gasteiger partial charge in [-0.15, -0.1) is 0 Å². The van der Waals surface area contributed by atoms with Gasteiger partial charge in [0.25, 0.3) is 0 Å². The molecule has 0 unspecified atom stereocenters. The number of hydrogen-bond acceptors (Lipinski definition) is 2. The van der Waals surface area contributed by atoms with Crippen molar-refractivity contribution < 1.29 is 9.53 Å². The Hall–Kier alpha value is -0.790. The van der Waals surface area contributed by atoms with E-state index in [2.05, 4.69) is 32.9 Å². The predicted molar refractivity (Wildman–Crippen MR) is 147 cm³/mol. The third kappa shape index (κ3) is 29.2. The second-order valence-electron chi connectivity index (χ2n) is 10.6. The molecule has 0 heterocycles. The summed E-state index contributed by atoms with van der Waals surface area (Å²) in [5.41, 5.74) is 0. The van der Waals surface area contributed by atoms with Gasteiger partial charge < -0.3 is 4.74 Å². The molecule has 0 spiro atoms. The maximum absolute atomic E-state index is 11.8. The van der Waals surface area contributed by atoms with E-state index >= 15 is 0 Å². The first-order valence-electron chi connectivity index (χ1n) is 15.0. The number of carbonyl (C=O) groups is 1. The molecular weight excluding hydrogens is 404 g/mol. The highest BCUT2D eigenvalue weighted by molar-refractivity contribution is 5.69. The Morgan fingerprint density at radius 3 is 1.61 bits per heavy atom. The summed E-state index contributed by atoms with van der Waals surface area (Å²) >= 11 is 0. The van der Waals surface area contributed by atoms with E-state index in [1.165, 1.54) is 122 Å². The van der Waals surface area contributed by atoms with Crippen LogP contribution in [-0.2, 0) is 9.53 Å². The molecule has 33 heavy (non-hydrogen) atoms. The van der Waals surface area contributed by atoms with Gasteiger partial charge >= 0.3 is 5.97 Å². The molecule has 0 aliphatic rings. The van der Waals surface area contributed by atoms with Crippen LogP contribution in [0.5, 0.6) is 0 Å². The number of ether oxygens (including phenoxy) is 1. The van der Waals surface area contributed by atoms with Gasteiger partial charge in [-0.3, -0.25) is 4.79 Å². The number of esters is 1. The topological polar surface area (TPSA) is 26.3 Å². The molecule has 2 heteroatoms. The summed E-state index contributed by atoms with van der Waals surface area (Å²) in [6.07, 6.45) is 33.9. The molecule has 0 N–H and O–H groups in total. The lowest BCUT2D eigenvalue weighted by atomic mass is 10.0. The molecule has 0 saturated heterocycles. The zero-order chi connectivity index (χ0) is 24.2. The highest BCUT2D eigenvalue weighted by atomic mass is 16.5. The van der Waals surface area contributed by atoms with Crippen LogP contribution in [0.2, 0.25) is 0 Å². The molecule has 0 aromatic carbocycles. The van der Waals surface area contributed by atoms with Crippen LogP contribution in [0.4, 0.5) is 0 Å². The van der Waals surface area contributed by atoms with E-state index in [9.17, 15) is 4.79 Å². The average Bonchev–Trinajstić information content (AvgIpc) is 2.79. The van der Waals surface area contributed by atoms with Crippen LogP contribution in [0.1, 0.15) is 168 Å².